The van der Waals surface area contributed by atoms with Crippen molar-refractivity contribution >= 4 is 29.9 Å². The summed E-state index contributed by atoms with van der Waals surface area (Å²) in [6.45, 7) is 6.39. The lowest BCUT2D eigenvalue weighted by Gasteiger charge is -2.38. The molecule has 0 radical (unpaired) electrons. The highest BCUT2D eigenvalue weighted by Crippen LogP contribution is 2.39. The van der Waals surface area contributed by atoms with E-state index >= 15 is 0 Å². The third kappa shape index (κ3) is 5.18. The van der Waals surface area contributed by atoms with Gasteiger partial charge in [0.15, 0.2) is 11.8 Å². The number of aliphatic imine (C=N–C) groups is 1. The number of hydrogen-bond acceptors (Lipinski definition) is 4. The molecular formula is C20H28FIN6O. The molecule has 2 N–H and O–H groups in total. The number of hydrogen-bond donors (Lipinski definition) is 2. The van der Waals surface area contributed by atoms with Gasteiger partial charge in [0.25, 0.3) is 0 Å². The van der Waals surface area contributed by atoms with Crippen LogP contribution < -0.4 is 15.4 Å². The lowest BCUT2D eigenvalue weighted by molar-refractivity contribution is 0.0689. The quantitative estimate of drug-likeness (QED) is 0.372. The van der Waals surface area contributed by atoms with Gasteiger partial charge in [-0.1, -0.05) is 6.07 Å². The maximum atomic E-state index is 13.7. The van der Waals surface area contributed by atoms with Crippen LogP contribution in [0.5, 0.6) is 5.75 Å². The lowest BCUT2D eigenvalue weighted by Crippen LogP contribution is -2.46. The smallest absolute Gasteiger partial charge is 0.192 e. The normalized spacial score (nSPS) is 20.3. The molecule has 0 saturated heterocycles. The summed E-state index contributed by atoms with van der Waals surface area (Å²) in [7, 11) is 1.94. The van der Waals surface area contributed by atoms with E-state index in [1.54, 1.807) is 6.07 Å². The van der Waals surface area contributed by atoms with Crippen molar-refractivity contribution in [3.8, 4) is 5.75 Å². The molecule has 1 aliphatic carbocycles. The number of fused-ring (bicyclic) bond motifs is 1. The average molecular weight is 514 g/mol. The van der Waals surface area contributed by atoms with Gasteiger partial charge in [0, 0.05) is 31.1 Å². The first-order chi connectivity index (χ1) is 13.3. The van der Waals surface area contributed by atoms with E-state index < -0.39 is 5.60 Å². The zero-order chi connectivity index (χ0) is 19.9. The van der Waals surface area contributed by atoms with Crippen LogP contribution in [0.15, 0.2) is 23.2 Å². The molecule has 1 unspecified atom stereocenters. The number of ether oxygens (including phenoxy) is 1. The number of halogens is 2. The molecule has 2 aliphatic rings. The van der Waals surface area contributed by atoms with Gasteiger partial charge in [0.2, 0.25) is 0 Å². The van der Waals surface area contributed by atoms with E-state index in [4.69, 9.17) is 9.73 Å². The number of aryl methyl sites for hydroxylation is 1. The maximum Gasteiger partial charge on any atom is 0.192 e. The number of benzene rings is 1. The summed E-state index contributed by atoms with van der Waals surface area (Å²) in [5.41, 5.74) is 0.546. The molecule has 7 nitrogen and oxygen atoms in total. The lowest BCUT2D eigenvalue weighted by atomic mass is 9.90. The minimum atomic E-state index is -0.399. The van der Waals surface area contributed by atoms with Crippen LogP contribution in [0, 0.1) is 12.7 Å². The Morgan fingerprint density at radius 1 is 1.31 bits per heavy atom. The first kappa shape index (κ1) is 21.8. The molecule has 1 aromatic heterocycles. The topological polar surface area (TPSA) is 76.4 Å². The van der Waals surface area contributed by atoms with Gasteiger partial charge in [-0.25, -0.2) is 9.38 Å². The zero-order valence-corrected chi connectivity index (χ0v) is 19.5. The molecule has 158 valence electrons. The number of rotatable bonds is 4. The predicted octanol–water partition coefficient (Wildman–Crippen LogP) is 3.38. The summed E-state index contributed by atoms with van der Waals surface area (Å²) < 4.78 is 21.6. The molecule has 29 heavy (non-hydrogen) atoms. The highest BCUT2D eigenvalue weighted by Gasteiger charge is 2.35. The fourth-order valence-electron chi connectivity index (χ4n) is 3.41. The van der Waals surface area contributed by atoms with E-state index in [0.29, 0.717) is 18.3 Å². The Labute approximate surface area is 187 Å². The van der Waals surface area contributed by atoms with Crippen LogP contribution >= 0.6 is 24.0 Å². The Hall–Kier alpha value is -1.91. The summed E-state index contributed by atoms with van der Waals surface area (Å²) in [4.78, 5) is 4.74. The second-order valence-electron chi connectivity index (χ2n) is 8.25. The third-order valence-electron chi connectivity index (χ3n) is 5.22. The molecule has 0 bridgehead atoms. The molecule has 1 aliphatic heterocycles. The van der Waals surface area contributed by atoms with E-state index in [1.165, 1.54) is 12.1 Å². The van der Waals surface area contributed by atoms with Gasteiger partial charge in [-0.15, -0.1) is 34.2 Å². The largest absolute Gasteiger partial charge is 0.487 e. The van der Waals surface area contributed by atoms with Crippen LogP contribution in [0.1, 0.15) is 56.4 Å². The van der Waals surface area contributed by atoms with E-state index in [0.717, 1.165) is 42.4 Å². The molecule has 1 saturated carbocycles. The van der Waals surface area contributed by atoms with Crippen LogP contribution in [0.25, 0.3) is 0 Å². The van der Waals surface area contributed by atoms with Crippen molar-refractivity contribution in [3.63, 3.8) is 0 Å². The second-order valence-corrected chi connectivity index (χ2v) is 8.25. The molecule has 0 amide bonds. The Bertz CT molecular complexity index is 908. The molecule has 1 aromatic carbocycles. The second kappa shape index (κ2) is 8.45. The minimum Gasteiger partial charge on any atom is -0.487 e. The maximum absolute atomic E-state index is 13.7. The van der Waals surface area contributed by atoms with Crippen molar-refractivity contribution in [1.82, 2.24) is 25.4 Å². The van der Waals surface area contributed by atoms with Crippen LogP contribution in [0.2, 0.25) is 0 Å². The monoisotopic (exact) mass is 514 g/mol. The van der Waals surface area contributed by atoms with Crippen molar-refractivity contribution in [2.75, 3.05) is 0 Å². The summed E-state index contributed by atoms with van der Waals surface area (Å²) in [6.07, 6.45) is 3.04. The molecule has 1 fully saturated rings. The molecule has 2 heterocycles. The third-order valence-corrected chi connectivity index (χ3v) is 5.22. The summed E-state index contributed by atoms with van der Waals surface area (Å²) in [5, 5.41) is 15.3. The highest BCUT2D eigenvalue weighted by molar-refractivity contribution is 14.0. The summed E-state index contributed by atoms with van der Waals surface area (Å²) in [5.74, 6) is 2.70. The van der Waals surface area contributed by atoms with Crippen molar-refractivity contribution in [2.45, 2.75) is 64.3 Å². The van der Waals surface area contributed by atoms with Crippen molar-refractivity contribution < 1.29 is 9.13 Å². The van der Waals surface area contributed by atoms with Crippen LogP contribution in [-0.4, -0.2) is 32.4 Å². The summed E-state index contributed by atoms with van der Waals surface area (Å²) >= 11 is 0. The number of guanidine groups is 1. The fourth-order valence-corrected chi connectivity index (χ4v) is 3.41. The van der Waals surface area contributed by atoms with Crippen LogP contribution in [0.4, 0.5) is 4.39 Å². The number of nitrogens with zero attached hydrogens (tertiary/aromatic N) is 4. The van der Waals surface area contributed by atoms with Gasteiger partial charge in [-0.2, -0.15) is 0 Å². The molecule has 2 aromatic rings. The van der Waals surface area contributed by atoms with Gasteiger partial charge in [0.1, 0.15) is 29.5 Å². The number of nitrogens with one attached hydrogen (secondary N) is 2. The summed E-state index contributed by atoms with van der Waals surface area (Å²) in [6, 6.07) is 5.15. The van der Waals surface area contributed by atoms with E-state index in [-0.39, 0.29) is 35.8 Å². The standard InChI is InChI=1S/C20H27FN6O.HI/c1-12-25-26-18(27(12)4)11-22-19(23-14-6-7-14)24-16-10-20(2,3)28-17-9-13(21)5-8-15(16)17;/h5,8-9,14,16H,6-7,10-11H2,1-4H3,(H2,22,23,24);1H. The first-order valence-electron chi connectivity index (χ1n) is 9.71. The van der Waals surface area contributed by atoms with Gasteiger partial charge in [-0.05, 0) is 39.7 Å². The van der Waals surface area contributed by atoms with Gasteiger partial charge in [-0.3, -0.25) is 0 Å². The minimum absolute atomic E-state index is 0. The van der Waals surface area contributed by atoms with Gasteiger partial charge in [0.05, 0.1) is 6.04 Å². The van der Waals surface area contributed by atoms with Gasteiger partial charge < -0.3 is 19.9 Å². The molecule has 1 atom stereocenters. The fraction of sp³-hybridized carbons (Fsp3) is 0.550. The van der Waals surface area contributed by atoms with E-state index in [2.05, 4.69) is 20.8 Å². The Balaban J connectivity index is 0.00000240. The van der Waals surface area contributed by atoms with Gasteiger partial charge >= 0.3 is 0 Å². The Kier molecular flexibility index (Phi) is 6.35. The Morgan fingerprint density at radius 2 is 2.07 bits per heavy atom. The molecule has 0 spiro atoms. The van der Waals surface area contributed by atoms with Crippen molar-refractivity contribution in [3.05, 3.63) is 41.2 Å². The van der Waals surface area contributed by atoms with Crippen LogP contribution in [0.3, 0.4) is 0 Å². The molecular weight excluding hydrogens is 486 g/mol. The highest BCUT2D eigenvalue weighted by atomic mass is 127. The van der Waals surface area contributed by atoms with E-state index in [9.17, 15) is 4.39 Å². The van der Waals surface area contributed by atoms with Crippen molar-refractivity contribution in [1.29, 1.82) is 0 Å². The number of aromatic nitrogens is 3. The van der Waals surface area contributed by atoms with Crippen molar-refractivity contribution in [2.24, 2.45) is 12.0 Å². The van der Waals surface area contributed by atoms with Crippen LogP contribution in [-0.2, 0) is 13.6 Å². The predicted molar refractivity (Wildman–Crippen MR) is 120 cm³/mol. The SMILES string of the molecule is Cc1nnc(CN=C(NC2CC2)NC2CC(C)(C)Oc3cc(F)ccc32)n1C.I. The Morgan fingerprint density at radius 3 is 2.72 bits per heavy atom. The van der Waals surface area contributed by atoms with E-state index in [1.807, 2.05) is 32.4 Å². The molecule has 9 heteroatoms. The first-order valence-corrected chi connectivity index (χ1v) is 9.71. The molecule has 4 rings (SSSR count). The average Bonchev–Trinajstić information content (AvgIpc) is 3.37. The zero-order valence-electron chi connectivity index (χ0n) is 17.2.